The highest BCUT2D eigenvalue weighted by Crippen LogP contribution is 2.33. The number of fused-ring (bicyclic) bond motifs is 1. The van der Waals surface area contributed by atoms with Gasteiger partial charge in [0.2, 0.25) is 0 Å². The van der Waals surface area contributed by atoms with Crippen LogP contribution in [0, 0.1) is 0 Å². The molecule has 2 aromatic rings. The normalized spacial score (nSPS) is 9.88. The number of hydrogen-bond acceptors (Lipinski definition) is 3. The van der Waals surface area contributed by atoms with Gasteiger partial charge in [0.15, 0.2) is 0 Å². The molecule has 2 rings (SSSR count). The van der Waals surface area contributed by atoms with Crippen LogP contribution in [0.2, 0.25) is 0 Å². The van der Waals surface area contributed by atoms with E-state index in [0.717, 1.165) is 0 Å². The van der Waals surface area contributed by atoms with E-state index in [0.29, 0.717) is 0 Å². The molecule has 0 aliphatic rings. The summed E-state index contributed by atoms with van der Waals surface area (Å²) in [5.41, 5.74) is 2.53. The first-order chi connectivity index (χ1) is 7.61. The van der Waals surface area contributed by atoms with Gasteiger partial charge in [-0.05, 0) is 17.5 Å². The lowest BCUT2D eigenvalue weighted by molar-refractivity contribution is 1.12. The monoisotopic (exact) mass is 231 g/mol. The van der Waals surface area contributed by atoms with Crippen molar-refractivity contribution in [1.82, 2.24) is 6.15 Å². The lowest BCUT2D eigenvalue weighted by Gasteiger charge is -2.21. The molecule has 0 amide bonds. The second-order valence-corrected chi connectivity index (χ2v) is 4.44. The molecule has 0 atom stereocenters. The molecule has 0 fully saturated rings. The van der Waals surface area contributed by atoms with E-state index in [1.807, 2.05) is 0 Å². The van der Waals surface area contributed by atoms with Crippen molar-refractivity contribution in [1.29, 1.82) is 0 Å². The number of benzene rings is 2. The molecule has 3 N–H and O–H groups in total. The van der Waals surface area contributed by atoms with Gasteiger partial charge in [-0.1, -0.05) is 24.3 Å². The average Bonchev–Trinajstić information content (AvgIpc) is 2.27. The summed E-state index contributed by atoms with van der Waals surface area (Å²) in [6.45, 7) is 0. The number of hydrogen-bond donors (Lipinski definition) is 1. The van der Waals surface area contributed by atoms with E-state index in [4.69, 9.17) is 0 Å². The van der Waals surface area contributed by atoms with Crippen LogP contribution in [0.15, 0.2) is 36.4 Å². The molecule has 2 aromatic carbocycles. The van der Waals surface area contributed by atoms with E-state index in [1.165, 1.54) is 22.1 Å². The molecule has 0 saturated heterocycles. The highest BCUT2D eigenvalue weighted by atomic mass is 15.1. The molecule has 0 heterocycles. The Labute approximate surface area is 103 Å². The molecule has 0 aromatic heterocycles. The third kappa shape index (κ3) is 2.34. The van der Waals surface area contributed by atoms with E-state index < -0.39 is 0 Å². The van der Waals surface area contributed by atoms with Crippen LogP contribution in [0.4, 0.5) is 11.4 Å². The maximum absolute atomic E-state index is 2.16. The van der Waals surface area contributed by atoms with Crippen molar-refractivity contribution in [3.05, 3.63) is 36.4 Å². The largest absolute Gasteiger partial charge is 0.377 e. The Hall–Kier alpha value is -1.74. The predicted molar refractivity (Wildman–Crippen MR) is 77.6 cm³/mol. The van der Waals surface area contributed by atoms with Crippen LogP contribution >= 0.6 is 0 Å². The SMILES string of the molecule is CN(C)c1cccc2cccc(N(C)C)c12.N. The fourth-order valence-corrected chi connectivity index (χ4v) is 2.05. The van der Waals surface area contributed by atoms with Crippen LogP contribution < -0.4 is 16.0 Å². The van der Waals surface area contributed by atoms with Gasteiger partial charge in [-0.25, -0.2) is 0 Å². The maximum Gasteiger partial charge on any atom is 0.0461 e. The Balaban J connectivity index is 0.00000144. The van der Waals surface area contributed by atoms with E-state index in [-0.39, 0.29) is 6.15 Å². The molecule has 0 radical (unpaired) electrons. The summed E-state index contributed by atoms with van der Waals surface area (Å²) < 4.78 is 0. The number of rotatable bonds is 2. The zero-order chi connectivity index (χ0) is 11.7. The Morgan fingerprint density at radius 2 is 1.12 bits per heavy atom. The van der Waals surface area contributed by atoms with Gasteiger partial charge in [0, 0.05) is 45.0 Å². The Kier molecular flexibility index (Phi) is 3.97. The van der Waals surface area contributed by atoms with Gasteiger partial charge in [0.25, 0.3) is 0 Å². The van der Waals surface area contributed by atoms with Gasteiger partial charge < -0.3 is 16.0 Å². The summed E-state index contributed by atoms with van der Waals surface area (Å²) in [7, 11) is 8.34. The molecule has 0 unspecified atom stereocenters. The Bertz CT molecular complexity index is 461. The number of nitrogens with zero attached hydrogens (tertiary/aromatic N) is 2. The van der Waals surface area contributed by atoms with Crippen LogP contribution in [-0.4, -0.2) is 28.2 Å². The van der Waals surface area contributed by atoms with Crippen molar-refractivity contribution < 1.29 is 0 Å². The third-order valence-corrected chi connectivity index (χ3v) is 2.82. The topological polar surface area (TPSA) is 41.5 Å². The Morgan fingerprint density at radius 3 is 1.47 bits per heavy atom. The smallest absolute Gasteiger partial charge is 0.0461 e. The minimum atomic E-state index is 0. The molecule has 3 nitrogen and oxygen atoms in total. The van der Waals surface area contributed by atoms with Crippen LogP contribution in [0.3, 0.4) is 0 Å². The summed E-state index contributed by atoms with van der Waals surface area (Å²) in [5.74, 6) is 0. The highest BCUT2D eigenvalue weighted by molar-refractivity contribution is 6.03. The zero-order valence-electron chi connectivity index (χ0n) is 11.1. The third-order valence-electron chi connectivity index (χ3n) is 2.82. The van der Waals surface area contributed by atoms with Crippen LogP contribution in [0.5, 0.6) is 0 Å². The van der Waals surface area contributed by atoms with Crippen molar-refractivity contribution in [2.24, 2.45) is 0 Å². The van der Waals surface area contributed by atoms with Crippen molar-refractivity contribution in [2.75, 3.05) is 38.0 Å². The molecule has 3 heteroatoms. The van der Waals surface area contributed by atoms with E-state index in [2.05, 4.69) is 74.4 Å². The molecule has 0 saturated carbocycles. The van der Waals surface area contributed by atoms with Crippen LogP contribution in [-0.2, 0) is 0 Å². The first-order valence-corrected chi connectivity index (χ1v) is 5.47. The van der Waals surface area contributed by atoms with Gasteiger partial charge >= 0.3 is 0 Å². The lowest BCUT2D eigenvalue weighted by Crippen LogP contribution is -2.13. The predicted octanol–water partition coefficient (Wildman–Crippen LogP) is 3.13. The zero-order valence-corrected chi connectivity index (χ0v) is 11.1. The fourth-order valence-electron chi connectivity index (χ4n) is 2.05. The highest BCUT2D eigenvalue weighted by Gasteiger charge is 2.08. The molecule has 92 valence electrons. The average molecular weight is 231 g/mol. The van der Waals surface area contributed by atoms with Crippen molar-refractivity contribution in [3.63, 3.8) is 0 Å². The van der Waals surface area contributed by atoms with E-state index >= 15 is 0 Å². The summed E-state index contributed by atoms with van der Waals surface area (Å²) in [6, 6.07) is 12.9. The fraction of sp³-hybridized carbons (Fsp3) is 0.286. The van der Waals surface area contributed by atoms with Crippen LogP contribution in [0.1, 0.15) is 0 Å². The van der Waals surface area contributed by atoms with Crippen molar-refractivity contribution >= 4 is 22.1 Å². The Morgan fingerprint density at radius 1 is 0.706 bits per heavy atom. The number of anilines is 2. The first-order valence-electron chi connectivity index (χ1n) is 5.47. The molecule has 0 aliphatic heterocycles. The molecule has 0 spiro atoms. The van der Waals surface area contributed by atoms with E-state index in [1.54, 1.807) is 0 Å². The standard InChI is InChI=1S/C14H18N2.H3N/c1-15(2)12-9-5-7-11-8-6-10-13(14(11)12)16(3)4;/h5-10H,1-4H3;1H3. The molecule has 17 heavy (non-hydrogen) atoms. The molecular formula is C14H21N3. The maximum atomic E-state index is 2.16. The van der Waals surface area contributed by atoms with Gasteiger partial charge in [0.1, 0.15) is 0 Å². The summed E-state index contributed by atoms with van der Waals surface area (Å²) in [6.07, 6.45) is 0. The second-order valence-electron chi connectivity index (χ2n) is 4.44. The lowest BCUT2D eigenvalue weighted by atomic mass is 10.1. The first kappa shape index (κ1) is 13.3. The van der Waals surface area contributed by atoms with Gasteiger partial charge in [0.05, 0.1) is 0 Å². The van der Waals surface area contributed by atoms with Gasteiger partial charge in [-0.15, -0.1) is 0 Å². The molecular weight excluding hydrogens is 210 g/mol. The minimum Gasteiger partial charge on any atom is -0.377 e. The van der Waals surface area contributed by atoms with E-state index in [9.17, 15) is 0 Å². The molecule has 0 bridgehead atoms. The summed E-state index contributed by atoms with van der Waals surface area (Å²) in [4.78, 5) is 4.32. The minimum absolute atomic E-state index is 0. The van der Waals surface area contributed by atoms with Crippen LogP contribution in [0.25, 0.3) is 10.8 Å². The van der Waals surface area contributed by atoms with Gasteiger partial charge in [-0.2, -0.15) is 0 Å². The van der Waals surface area contributed by atoms with Crippen molar-refractivity contribution in [2.45, 2.75) is 0 Å². The second kappa shape index (κ2) is 5.06. The quantitative estimate of drug-likeness (QED) is 0.863. The van der Waals surface area contributed by atoms with Crippen molar-refractivity contribution in [3.8, 4) is 0 Å². The molecule has 0 aliphatic carbocycles. The van der Waals surface area contributed by atoms with Gasteiger partial charge in [-0.3, -0.25) is 0 Å². The summed E-state index contributed by atoms with van der Waals surface area (Å²) in [5, 5.41) is 2.61. The summed E-state index contributed by atoms with van der Waals surface area (Å²) >= 11 is 0.